The van der Waals surface area contributed by atoms with Gasteiger partial charge in [0.05, 0.1) is 11.8 Å². The number of rotatable bonds is 0. The maximum atomic E-state index is 12.1. The van der Waals surface area contributed by atoms with Crippen molar-refractivity contribution in [2.75, 3.05) is 0 Å². The molecule has 1 aliphatic heterocycles. The number of fused-ring (bicyclic) bond motifs is 6. The molecule has 1 saturated heterocycles. The van der Waals surface area contributed by atoms with Crippen molar-refractivity contribution in [1.29, 1.82) is 0 Å². The fourth-order valence-corrected chi connectivity index (χ4v) is 5.74. The molecule has 3 saturated carbocycles. The SMILES string of the molecule is O=C1OC(=O)[C@@H]2[C@H]3CCCC[C@H]3[C@H]3CCCC[C@H]3[C@@H]12. The lowest BCUT2D eigenvalue weighted by Gasteiger charge is -2.51. The smallest absolute Gasteiger partial charge is 0.317 e. The van der Waals surface area contributed by atoms with Gasteiger partial charge < -0.3 is 4.74 Å². The van der Waals surface area contributed by atoms with Crippen LogP contribution in [0.25, 0.3) is 0 Å². The average Bonchev–Trinajstić information content (AvgIpc) is 2.75. The molecule has 0 aromatic carbocycles. The quantitative estimate of drug-likeness (QED) is 0.498. The highest BCUT2D eigenvalue weighted by Crippen LogP contribution is 2.58. The fourth-order valence-electron chi connectivity index (χ4n) is 5.74. The third-order valence-electron chi connectivity index (χ3n) is 6.35. The summed E-state index contributed by atoms with van der Waals surface area (Å²) in [7, 11) is 0. The van der Waals surface area contributed by atoms with E-state index in [-0.39, 0.29) is 23.8 Å². The van der Waals surface area contributed by atoms with Gasteiger partial charge in [-0.3, -0.25) is 9.59 Å². The minimum atomic E-state index is -0.198. The molecule has 3 nitrogen and oxygen atoms in total. The van der Waals surface area contributed by atoms with Gasteiger partial charge in [-0.15, -0.1) is 0 Å². The Morgan fingerprint density at radius 2 is 1.00 bits per heavy atom. The van der Waals surface area contributed by atoms with E-state index in [1.165, 1.54) is 38.5 Å². The Hall–Kier alpha value is -0.860. The van der Waals surface area contributed by atoms with Gasteiger partial charge in [0.2, 0.25) is 0 Å². The highest BCUT2D eigenvalue weighted by Gasteiger charge is 2.60. The summed E-state index contributed by atoms with van der Waals surface area (Å²) in [5.74, 6) is 1.70. The van der Waals surface area contributed by atoms with Crippen LogP contribution in [0.3, 0.4) is 0 Å². The summed E-state index contributed by atoms with van der Waals surface area (Å²) in [4.78, 5) is 24.2. The molecule has 0 N–H and O–H groups in total. The number of hydrogen-bond acceptors (Lipinski definition) is 3. The Kier molecular flexibility index (Phi) is 2.71. The van der Waals surface area contributed by atoms with Crippen molar-refractivity contribution in [1.82, 2.24) is 0 Å². The molecule has 0 amide bonds. The Labute approximate surface area is 114 Å². The predicted molar refractivity (Wildman–Crippen MR) is 69.0 cm³/mol. The topological polar surface area (TPSA) is 43.4 Å². The van der Waals surface area contributed by atoms with E-state index < -0.39 is 0 Å². The predicted octanol–water partition coefficient (Wildman–Crippen LogP) is 2.93. The summed E-state index contributed by atoms with van der Waals surface area (Å²) < 4.78 is 5.03. The van der Waals surface area contributed by atoms with Crippen LogP contribution in [0.1, 0.15) is 51.4 Å². The zero-order valence-electron chi connectivity index (χ0n) is 11.3. The molecular weight excluding hydrogens is 240 g/mol. The first kappa shape index (κ1) is 11.9. The van der Waals surface area contributed by atoms with Crippen LogP contribution in [0.2, 0.25) is 0 Å². The van der Waals surface area contributed by atoms with Gasteiger partial charge in [0.25, 0.3) is 0 Å². The van der Waals surface area contributed by atoms with Crippen LogP contribution in [0.4, 0.5) is 0 Å². The molecule has 0 spiro atoms. The van der Waals surface area contributed by atoms with Crippen molar-refractivity contribution < 1.29 is 14.3 Å². The standard InChI is InChI=1S/C16H22O3/c17-15-13-11-7-3-1-5-9(11)10-6-2-4-8-12(10)14(13)16(18)19-15/h9-14H,1-8H2/t9-,10+,11-,12+,13-,14-/m1/s1. The van der Waals surface area contributed by atoms with Crippen LogP contribution >= 0.6 is 0 Å². The number of esters is 2. The summed E-state index contributed by atoms with van der Waals surface area (Å²) in [6.45, 7) is 0. The number of cyclic esters (lactones) is 2. The molecule has 0 radical (unpaired) electrons. The van der Waals surface area contributed by atoms with Crippen LogP contribution in [0.5, 0.6) is 0 Å². The zero-order valence-corrected chi connectivity index (χ0v) is 11.3. The van der Waals surface area contributed by atoms with E-state index in [0.29, 0.717) is 23.7 Å². The monoisotopic (exact) mass is 262 g/mol. The maximum absolute atomic E-state index is 12.1. The molecule has 0 aromatic heterocycles. The normalized spacial score (nSPS) is 49.1. The summed E-state index contributed by atoms with van der Waals surface area (Å²) in [6.07, 6.45) is 9.89. The molecule has 4 aliphatic rings. The van der Waals surface area contributed by atoms with Gasteiger partial charge in [0, 0.05) is 0 Å². The summed E-state index contributed by atoms with van der Waals surface area (Å²) >= 11 is 0. The first-order valence-electron chi connectivity index (χ1n) is 8.03. The highest BCUT2D eigenvalue weighted by molar-refractivity contribution is 5.97. The molecular formula is C16H22O3. The van der Waals surface area contributed by atoms with Gasteiger partial charge >= 0.3 is 11.9 Å². The lowest BCUT2D eigenvalue weighted by molar-refractivity contribution is -0.154. The van der Waals surface area contributed by atoms with Gasteiger partial charge in [-0.2, -0.15) is 0 Å². The van der Waals surface area contributed by atoms with Gasteiger partial charge in [-0.25, -0.2) is 0 Å². The van der Waals surface area contributed by atoms with E-state index in [1.54, 1.807) is 0 Å². The first-order valence-corrected chi connectivity index (χ1v) is 8.03. The third-order valence-corrected chi connectivity index (χ3v) is 6.35. The second-order valence-corrected chi connectivity index (χ2v) is 7.02. The average molecular weight is 262 g/mol. The van der Waals surface area contributed by atoms with E-state index in [4.69, 9.17) is 4.74 Å². The molecule has 6 atom stereocenters. The van der Waals surface area contributed by atoms with Crippen molar-refractivity contribution in [3.63, 3.8) is 0 Å². The molecule has 3 heteroatoms. The van der Waals surface area contributed by atoms with Gasteiger partial charge in [0.1, 0.15) is 0 Å². The summed E-state index contributed by atoms with van der Waals surface area (Å²) in [5, 5.41) is 0. The lowest BCUT2D eigenvalue weighted by Crippen LogP contribution is -2.49. The van der Waals surface area contributed by atoms with Crippen LogP contribution < -0.4 is 0 Å². The molecule has 1 heterocycles. The second kappa shape index (κ2) is 4.32. The molecule has 0 unspecified atom stereocenters. The first-order chi connectivity index (χ1) is 9.27. The lowest BCUT2D eigenvalue weighted by atomic mass is 9.51. The number of carbonyl (C=O) groups excluding carboxylic acids is 2. The fraction of sp³-hybridized carbons (Fsp3) is 0.875. The van der Waals surface area contributed by atoms with E-state index in [1.807, 2.05) is 0 Å². The molecule has 104 valence electrons. The summed E-state index contributed by atoms with van der Waals surface area (Å²) in [5.41, 5.74) is 0. The summed E-state index contributed by atoms with van der Waals surface area (Å²) in [6, 6.07) is 0. The van der Waals surface area contributed by atoms with Crippen LogP contribution in [-0.2, 0) is 14.3 Å². The van der Waals surface area contributed by atoms with Crippen molar-refractivity contribution in [3.05, 3.63) is 0 Å². The van der Waals surface area contributed by atoms with Crippen molar-refractivity contribution >= 4 is 11.9 Å². The zero-order chi connectivity index (χ0) is 13.0. The Morgan fingerprint density at radius 1 is 0.632 bits per heavy atom. The highest BCUT2D eigenvalue weighted by atomic mass is 16.6. The number of hydrogen-bond donors (Lipinski definition) is 0. The minimum Gasteiger partial charge on any atom is -0.393 e. The van der Waals surface area contributed by atoms with Crippen LogP contribution in [0, 0.1) is 35.5 Å². The molecule has 3 aliphatic carbocycles. The second-order valence-electron chi connectivity index (χ2n) is 7.02. The Balaban J connectivity index is 1.74. The Morgan fingerprint density at radius 3 is 1.42 bits per heavy atom. The molecule has 0 aromatic rings. The Bertz CT molecular complexity index is 378. The van der Waals surface area contributed by atoms with Crippen molar-refractivity contribution in [2.45, 2.75) is 51.4 Å². The molecule has 4 fully saturated rings. The number of ether oxygens (including phenoxy) is 1. The molecule has 0 bridgehead atoms. The van der Waals surface area contributed by atoms with E-state index in [0.717, 1.165) is 12.8 Å². The maximum Gasteiger partial charge on any atom is 0.317 e. The van der Waals surface area contributed by atoms with E-state index >= 15 is 0 Å². The number of carbonyl (C=O) groups is 2. The van der Waals surface area contributed by atoms with Crippen molar-refractivity contribution in [3.8, 4) is 0 Å². The van der Waals surface area contributed by atoms with Crippen LogP contribution in [-0.4, -0.2) is 11.9 Å². The van der Waals surface area contributed by atoms with Crippen LogP contribution in [0.15, 0.2) is 0 Å². The third kappa shape index (κ3) is 1.63. The molecule has 4 rings (SSSR count). The van der Waals surface area contributed by atoms with Gasteiger partial charge in [-0.05, 0) is 49.4 Å². The van der Waals surface area contributed by atoms with Gasteiger partial charge in [-0.1, -0.05) is 25.7 Å². The minimum absolute atomic E-state index is 0.0860. The van der Waals surface area contributed by atoms with E-state index in [9.17, 15) is 9.59 Å². The van der Waals surface area contributed by atoms with Crippen molar-refractivity contribution in [2.24, 2.45) is 35.5 Å². The van der Waals surface area contributed by atoms with Gasteiger partial charge in [0.15, 0.2) is 0 Å². The largest absolute Gasteiger partial charge is 0.393 e. The molecule has 19 heavy (non-hydrogen) atoms. The van der Waals surface area contributed by atoms with E-state index in [2.05, 4.69) is 0 Å².